The van der Waals surface area contributed by atoms with Crippen molar-refractivity contribution in [2.24, 2.45) is 0 Å². The topological polar surface area (TPSA) is 185 Å². The number of rotatable bonds is 18. The molecule has 15 nitrogen and oxygen atoms in total. The van der Waals surface area contributed by atoms with E-state index < -0.39 is 49.2 Å². The van der Waals surface area contributed by atoms with E-state index in [9.17, 15) is 25.3 Å². The molecule has 0 saturated carbocycles. The van der Waals surface area contributed by atoms with E-state index in [1.54, 1.807) is 0 Å². The SMILES string of the molecule is COc1ccc(S(=O)(=O)OCCC2OC(CCOS(=O)(=O)c3ccc(OC)cc3)OC(CCOS(=O)(=O)c3ccc(OC)cc3)O2)cc1. The van der Waals surface area contributed by atoms with E-state index in [2.05, 4.69) is 0 Å². The quantitative estimate of drug-likeness (QED) is 0.173. The van der Waals surface area contributed by atoms with Gasteiger partial charge in [-0.25, -0.2) is 0 Å². The minimum atomic E-state index is -4.12. The van der Waals surface area contributed by atoms with Crippen LogP contribution in [0.25, 0.3) is 0 Å². The van der Waals surface area contributed by atoms with E-state index in [4.69, 9.17) is 41.0 Å². The van der Waals surface area contributed by atoms with Crippen LogP contribution in [-0.4, -0.2) is 85.3 Å². The Morgan fingerprint density at radius 1 is 0.438 bits per heavy atom. The molecule has 0 bridgehead atoms. The molecule has 0 spiro atoms. The first-order valence-electron chi connectivity index (χ1n) is 14.4. The van der Waals surface area contributed by atoms with Crippen LogP contribution in [0.2, 0.25) is 0 Å². The highest BCUT2D eigenvalue weighted by atomic mass is 32.2. The molecule has 18 heteroatoms. The van der Waals surface area contributed by atoms with Gasteiger partial charge in [0, 0.05) is 19.3 Å². The maximum atomic E-state index is 12.6. The first-order chi connectivity index (χ1) is 22.8. The third kappa shape index (κ3) is 10.6. The Morgan fingerprint density at radius 3 is 0.875 bits per heavy atom. The molecule has 0 N–H and O–H groups in total. The Balaban J connectivity index is 1.36. The lowest BCUT2D eigenvalue weighted by Crippen LogP contribution is -2.42. The van der Waals surface area contributed by atoms with Gasteiger partial charge in [-0.05, 0) is 72.8 Å². The minimum Gasteiger partial charge on any atom is -0.497 e. The van der Waals surface area contributed by atoms with Crippen molar-refractivity contribution < 1.29 is 66.2 Å². The van der Waals surface area contributed by atoms with Crippen molar-refractivity contribution in [1.82, 2.24) is 0 Å². The number of ether oxygens (including phenoxy) is 6. The molecule has 0 amide bonds. The third-order valence-electron chi connectivity index (χ3n) is 6.73. The lowest BCUT2D eigenvalue weighted by molar-refractivity contribution is -0.387. The first kappa shape index (κ1) is 37.5. The van der Waals surface area contributed by atoms with Crippen molar-refractivity contribution in [2.45, 2.75) is 52.8 Å². The fourth-order valence-electron chi connectivity index (χ4n) is 4.21. The van der Waals surface area contributed by atoms with Crippen LogP contribution in [0.15, 0.2) is 87.5 Å². The molecule has 1 saturated heterocycles. The van der Waals surface area contributed by atoms with Gasteiger partial charge in [-0.1, -0.05) is 0 Å². The number of methoxy groups -OCH3 is 3. The summed E-state index contributed by atoms with van der Waals surface area (Å²) in [5.74, 6) is 1.41. The highest BCUT2D eigenvalue weighted by Crippen LogP contribution is 2.26. The fourth-order valence-corrected chi connectivity index (χ4v) is 6.97. The zero-order chi connectivity index (χ0) is 34.8. The largest absolute Gasteiger partial charge is 0.497 e. The Morgan fingerprint density at radius 2 is 0.667 bits per heavy atom. The summed E-state index contributed by atoms with van der Waals surface area (Å²) >= 11 is 0. The van der Waals surface area contributed by atoms with Crippen LogP contribution in [0.4, 0.5) is 0 Å². The van der Waals surface area contributed by atoms with E-state index in [1.807, 2.05) is 0 Å². The zero-order valence-electron chi connectivity index (χ0n) is 26.3. The minimum absolute atomic E-state index is 0.0816. The van der Waals surface area contributed by atoms with E-state index in [-0.39, 0.29) is 53.8 Å². The molecule has 1 fully saturated rings. The summed E-state index contributed by atoms with van der Waals surface area (Å²) in [7, 11) is -8.02. The molecule has 3 aromatic carbocycles. The second kappa shape index (κ2) is 16.9. The lowest BCUT2D eigenvalue weighted by Gasteiger charge is -2.35. The zero-order valence-corrected chi connectivity index (χ0v) is 28.7. The fraction of sp³-hybridized carbons (Fsp3) is 0.400. The summed E-state index contributed by atoms with van der Waals surface area (Å²) in [6.07, 6.45) is -3.46. The van der Waals surface area contributed by atoms with Crippen molar-refractivity contribution in [3.63, 3.8) is 0 Å². The van der Waals surface area contributed by atoms with Crippen LogP contribution in [-0.2, 0) is 57.1 Å². The second-order valence-corrected chi connectivity index (χ2v) is 14.8. The Labute approximate surface area is 279 Å². The summed E-state index contributed by atoms with van der Waals surface area (Å²) < 4.78 is 124. The molecule has 1 aliphatic rings. The number of hydrogen-bond donors (Lipinski definition) is 0. The monoisotopic (exact) mass is 732 g/mol. The first-order valence-corrected chi connectivity index (χ1v) is 18.6. The lowest BCUT2D eigenvalue weighted by atomic mass is 10.3. The molecule has 264 valence electrons. The molecule has 1 heterocycles. The second-order valence-electron chi connectivity index (χ2n) is 9.92. The van der Waals surface area contributed by atoms with Crippen LogP contribution < -0.4 is 14.2 Å². The molecule has 1 aliphatic heterocycles. The summed E-state index contributed by atoms with van der Waals surface area (Å²) in [6.45, 7) is -1.03. The van der Waals surface area contributed by atoms with Crippen LogP contribution >= 0.6 is 0 Å². The highest BCUT2D eigenvalue weighted by molar-refractivity contribution is 7.87. The normalized spacial score (nSPS) is 18.7. The maximum Gasteiger partial charge on any atom is 0.296 e. The van der Waals surface area contributed by atoms with Gasteiger partial charge in [0.1, 0.15) is 17.2 Å². The van der Waals surface area contributed by atoms with Crippen LogP contribution in [0.3, 0.4) is 0 Å². The molecule has 48 heavy (non-hydrogen) atoms. The third-order valence-corrected chi connectivity index (χ3v) is 10.7. The Bertz CT molecular complexity index is 1560. The maximum absolute atomic E-state index is 12.6. The van der Waals surface area contributed by atoms with Crippen LogP contribution in [0, 0.1) is 0 Å². The van der Waals surface area contributed by atoms with E-state index in [0.29, 0.717) is 17.2 Å². The van der Waals surface area contributed by atoms with Gasteiger partial charge in [0.25, 0.3) is 30.4 Å². The van der Waals surface area contributed by atoms with E-state index in [1.165, 1.54) is 94.1 Å². The summed E-state index contributed by atoms with van der Waals surface area (Å²) in [4.78, 5) is -0.255. The van der Waals surface area contributed by atoms with E-state index in [0.717, 1.165) is 0 Å². The van der Waals surface area contributed by atoms with Gasteiger partial charge in [0.2, 0.25) is 0 Å². The molecular formula is C30H36O15S3. The molecule has 0 radical (unpaired) electrons. The average Bonchev–Trinajstić information content (AvgIpc) is 3.08. The Hall–Kier alpha value is -3.33. The van der Waals surface area contributed by atoms with Crippen molar-refractivity contribution >= 4 is 30.4 Å². The number of benzene rings is 3. The predicted molar refractivity (Wildman–Crippen MR) is 167 cm³/mol. The summed E-state index contributed by atoms with van der Waals surface area (Å²) in [5.41, 5.74) is 0. The van der Waals surface area contributed by atoms with Crippen LogP contribution in [0.5, 0.6) is 17.2 Å². The predicted octanol–water partition coefficient (Wildman–Crippen LogP) is 3.44. The molecule has 0 aliphatic carbocycles. The molecule has 0 atom stereocenters. The van der Waals surface area contributed by atoms with Crippen molar-refractivity contribution in [1.29, 1.82) is 0 Å². The summed E-state index contributed by atoms with van der Waals surface area (Å²) in [6, 6.07) is 16.9. The van der Waals surface area contributed by atoms with Gasteiger partial charge in [-0.15, -0.1) is 0 Å². The summed E-state index contributed by atoms with van der Waals surface area (Å²) in [5, 5.41) is 0. The molecule has 0 aromatic heterocycles. The van der Waals surface area contributed by atoms with Crippen molar-refractivity contribution in [3.05, 3.63) is 72.8 Å². The average molecular weight is 733 g/mol. The van der Waals surface area contributed by atoms with Gasteiger partial charge >= 0.3 is 0 Å². The van der Waals surface area contributed by atoms with Gasteiger partial charge in [0.05, 0.1) is 55.8 Å². The Kier molecular flexibility index (Phi) is 13.2. The van der Waals surface area contributed by atoms with Crippen molar-refractivity contribution in [2.75, 3.05) is 41.2 Å². The molecule has 3 aromatic rings. The number of hydrogen-bond acceptors (Lipinski definition) is 15. The standard InChI is InChI=1S/C30H36O15S3/c1-37-22-4-10-25(11-5-22)46(31,32)40-19-16-28-43-29(17-20-41-47(33,34)26-12-6-23(38-2)7-13-26)45-30(44-28)18-21-42-48(35,36)27-14-8-24(39-3)9-15-27/h4-15,28-30H,16-21H2,1-3H3. The highest BCUT2D eigenvalue weighted by Gasteiger charge is 2.32. The molecular weight excluding hydrogens is 697 g/mol. The molecule has 4 rings (SSSR count). The van der Waals surface area contributed by atoms with Gasteiger partial charge in [-0.3, -0.25) is 12.5 Å². The van der Waals surface area contributed by atoms with Crippen LogP contribution in [0.1, 0.15) is 19.3 Å². The van der Waals surface area contributed by atoms with Gasteiger partial charge in [-0.2, -0.15) is 25.3 Å². The smallest absolute Gasteiger partial charge is 0.296 e. The molecule has 0 unspecified atom stereocenters. The van der Waals surface area contributed by atoms with Gasteiger partial charge < -0.3 is 28.4 Å². The van der Waals surface area contributed by atoms with Crippen molar-refractivity contribution in [3.8, 4) is 17.2 Å². The van der Waals surface area contributed by atoms with Gasteiger partial charge in [0.15, 0.2) is 18.9 Å². The van der Waals surface area contributed by atoms with E-state index >= 15 is 0 Å².